The molecule has 1 saturated heterocycles. The summed E-state index contributed by atoms with van der Waals surface area (Å²) in [7, 11) is 0. The van der Waals surface area contributed by atoms with E-state index >= 15 is 0 Å². The van der Waals surface area contributed by atoms with Crippen molar-refractivity contribution < 1.29 is 4.74 Å². The Labute approximate surface area is 86.2 Å². The second kappa shape index (κ2) is 2.07. The molecule has 5 rings (SSSR count). The highest BCUT2D eigenvalue weighted by atomic mass is 16.6. The number of ether oxygens (including phenoxy) is 1. The van der Waals surface area contributed by atoms with Crippen LogP contribution in [0.2, 0.25) is 0 Å². The number of rotatable bonds is 0. The molecule has 4 saturated carbocycles. The molecule has 4 aliphatic carbocycles. The minimum Gasteiger partial charge on any atom is -0.363 e. The van der Waals surface area contributed by atoms with Crippen LogP contribution in [0.15, 0.2) is 0 Å². The van der Waals surface area contributed by atoms with Gasteiger partial charge < -0.3 is 4.74 Å². The van der Waals surface area contributed by atoms with Gasteiger partial charge in [-0.2, -0.15) is 0 Å². The van der Waals surface area contributed by atoms with Crippen LogP contribution < -0.4 is 0 Å². The predicted octanol–water partition coefficient (Wildman–Crippen LogP) is 2.99. The van der Waals surface area contributed by atoms with Crippen LogP contribution in [0.4, 0.5) is 0 Å². The van der Waals surface area contributed by atoms with Crippen molar-refractivity contribution in [3.8, 4) is 0 Å². The molecular formula is C13H20O. The zero-order valence-electron chi connectivity index (χ0n) is 9.25. The number of hydrogen-bond donors (Lipinski definition) is 0. The van der Waals surface area contributed by atoms with Gasteiger partial charge in [-0.15, -0.1) is 0 Å². The van der Waals surface area contributed by atoms with E-state index in [1.165, 1.54) is 25.7 Å². The highest BCUT2D eigenvalue weighted by molar-refractivity contribution is 5.23. The fourth-order valence-corrected chi connectivity index (χ4v) is 5.43. The van der Waals surface area contributed by atoms with Crippen LogP contribution in [0.3, 0.4) is 0 Å². The van der Waals surface area contributed by atoms with Crippen LogP contribution in [0.5, 0.6) is 0 Å². The molecule has 0 N–H and O–H groups in total. The van der Waals surface area contributed by atoms with Crippen molar-refractivity contribution in [3.63, 3.8) is 0 Å². The first kappa shape index (κ1) is 8.15. The second-order valence-corrected chi connectivity index (χ2v) is 6.71. The molecule has 0 amide bonds. The van der Waals surface area contributed by atoms with Crippen LogP contribution in [0.1, 0.15) is 46.0 Å². The van der Waals surface area contributed by atoms with E-state index in [0.717, 1.165) is 23.7 Å². The molecule has 5 fully saturated rings. The third-order valence-corrected chi connectivity index (χ3v) is 5.67. The van der Waals surface area contributed by atoms with E-state index in [2.05, 4.69) is 13.8 Å². The lowest BCUT2D eigenvalue weighted by atomic mass is 9.49. The monoisotopic (exact) mass is 192 g/mol. The van der Waals surface area contributed by atoms with Crippen molar-refractivity contribution in [2.24, 2.45) is 23.7 Å². The highest BCUT2D eigenvalue weighted by Gasteiger charge is 2.75. The highest BCUT2D eigenvalue weighted by Crippen LogP contribution is 2.70. The quantitative estimate of drug-likeness (QED) is 0.537. The fraction of sp³-hybridized carbons (Fsp3) is 1.00. The fourth-order valence-electron chi connectivity index (χ4n) is 5.43. The maximum atomic E-state index is 6.17. The topological polar surface area (TPSA) is 12.5 Å². The first-order valence-corrected chi connectivity index (χ1v) is 6.32. The van der Waals surface area contributed by atoms with Gasteiger partial charge in [0.25, 0.3) is 0 Å². The van der Waals surface area contributed by atoms with Gasteiger partial charge in [0.15, 0.2) is 0 Å². The molecule has 1 heterocycles. The van der Waals surface area contributed by atoms with E-state index in [1.54, 1.807) is 6.42 Å². The molecule has 14 heavy (non-hydrogen) atoms. The van der Waals surface area contributed by atoms with Crippen molar-refractivity contribution in [1.29, 1.82) is 0 Å². The summed E-state index contributed by atoms with van der Waals surface area (Å²) < 4.78 is 6.17. The van der Waals surface area contributed by atoms with Gasteiger partial charge >= 0.3 is 0 Å². The number of hydrogen-bond acceptors (Lipinski definition) is 1. The van der Waals surface area contributed by atoms with Crippen molar-refractivity contribution in [2.75, 3.05) is 0 Å². The Morgan fingerprint density at radius 2 is 1.29 bits per heavy atom. The Bertz CT molecular complexity index is 264. The van der Waals surface area contributed by atoms with E-state index in [9.17, 15) is 0 Å². The molecule has 0 atom stereocenters. The van der Waals surface area contributed by atoms with Crippen molar-refractivity contribution in [2.45, 2.75) is 57.2 Å². The molecule has 0 radical (unpaired) electrons. The zero-order chi connectivity index (χ0) is 9.55. The maximum Gasteiger partial charge on any atom is 0.103 e. The molecule has 4 bridgehead atoms. The Kier molecular flexibility index (Phi) is 1.20. The normalized spacial score (nSPS) is 62.1. The molecule has 0 aromatic rings. The van der Waals surface area contributed by atoms with E-state index in [0.29, 0.717) is 5.60 Å². The van der Waals surface area contributed by atoms with Gasteiger partial charge in [0.05, 0.1) is 5.60 Å². The van der Waals surface area contributed by atoms with Crippen molar-refractivity contribution in [1.82, 2.24) is 0 Å². The summed E-state index contributed by atoms with van der Waals surface area (Å²) in [6.45, 7) is 4.63. The maximum absolute atomic E-state index is 6.17. The summed E-state index contributed by atoms with van der Waals surface area (Å²) in [5.41, 5.74) is 0.566. The molecule has 78 valence electrons. The van der Waals surface area contributed by atoms with E-state index < -0.39 is 0 Å². The first-order chi connectivity index (χ1) is 6.62. The van der Waals surface area contributed by atoms with Gasteiger partial charge in [-0.1, -0.05) is 0 Å². The third kappa shape index (κ3) is 0.711. The lowest BCUT2D eigenvalue weighted by molar-refractivity contribution is -0.0563. The van der Waals surface area contributed by atoms with Gasteiger partial charge in [0.1, 0.15) is 5.60 Å². The summed E-state index contributed by atoms with van der Waals surface area (Å²) in [5.74, 6) is 3.99. The van der Waals surface area contributed by atoms with Gasteiger partial charge in [-0.3, -0.25) is 0 Å². The van der Waals surface area contributed by atoms with Gasteiger partial charge in [0.2, 0.25) is 0 Å². The average molecular weight is 192 g/mol. The second-order valence-electron chi connectivity index (χ2n) is 6.71. The summed E-state index contributed by atoms with van der Waals surface area (Å²) in [6.07, 6.45) is 7.48. The molecule has 0 aromatic heterocycles. The van der Waals surface area contributed by atoms with E-state index in [-0.39, 0.29) is 5.60 Å². The van der Waals surface area contributed by atoms with Gasteiger partial charge in [0, 0.05) is 0 Å². The molecule has 0 aromatic carbocycles. The standard InChI is InChI=1S/C13H20O/c1-12(2)13(14-12)10-4-8-3-9(6-10)7-11(13)5-8/h8-11H,3-7H2,1-2H3. The minimum atomic E-state index is 0.218. The van der Waals surface area contributed by atoms with Gasteiger partial charge in [-0.05, 0) is 69.6 Å². The number of epoxide rings is 1. The van der Waals surface area contributed by atoms with Crippen LogP contribution >= 0.6 is 0 Å². The molecular weight excluding hydrogens is 172 g/mol. The summed E-state index contributed by atoms with van der Waals surface area (Å²) in [4.78, 5) is 0. The molecule has 1 aliphatic heterocycles. The van der Waals surface area contributed by atoms with Crippen molar-refractivity contribution in [3.05, 3.63) is 0 Å². The van der Waals surface area contributed by atoms with Crippen LogP contribution in [-0.4, -0.2) is 11.2 Å². The van der Waals surface area contributed by atoms with Crippen LogP contribution in [-0.2, 0) is 4.74 Å². The van der Waals surface area contributed by atoms with Crippen LogP contribution in [0.25, 0.3) is 0 Å². The lowest BCUT2D eigenvalue weighted by Gasteiger charge is -2.54. The zero-order valence-corrected chi connectivity index (χ0v) is 9.25. The minimum absolute atomic E-state index is 0.218. The average Bonchev–Trinajstić information content (AvgIpc) is 2.65. The Hall–Kier alpha value is -0.0400. The van der Waals surface area contributed by atoms with Gasteiger partial charge in [-0.25, -0.2) is 0 Å². The van der Waals surface area contributed by atoms with Crippen molar-refractivity contribution >= 4 is 0 Å². The summed E-state index contributed by atoms with van der Waals surface area (Å²) in [6, 6.07) is 0. The molecule has 1 heteroatoms. The molecule has 1 spiro atoms. The molecule has 1 nitrogen and oxygen atoms in total. The first-order valence-electron chi connectivity index (χ1n) is 6.32. The molecule has 5 aliphatic rings. The molecule has 0 unspecified atom stereocenters. The third-order valence-electron chi connectivity index (χ3n) is 5.67. The Morgan fingerprint density at radius 3 is 1.64 bits per heavy atom. The van der Waals surface area contributed by atoms with Crippen LogP contribution in [0, 0.1) is 23.7 Å². The Morgan fingerprint density at radius 1 is 0.857 bits per heavy atom. The largest absolute Gasteiger partial charge is 0.363 e. The van der Waals surface area contributed by atoms with E-state index in [4.69, 9.17) is 4.74 Å². The summed E-state index contributed by atoms with van der Waals surface area (Å²) in [5, 5.41) is 0. The predicted molar refractivity (Wildman–Crippen MR) is 54.9 cm³/mol. The Balaban J connectivity index is 1.76. The SMILES string of the molecule is CC1(C)OC12C1CC3CC(C1)CC2C3. The van der Waals surface area contributed by atoms with E-state index in [1.807, 2.05) is 0 Å². The summed E-state index contributed by atoms with van der Waals surface area (Å²) >= 11 is 0. The smallest absolute Gasteiger partial charge is 0.103 e. The lowest BCUT2D eigenvalue weighted by Crippen LogP contribution is -2.53.